The normalized spacial score (nSPS) is 22.4. The van der Waals surface area contributed by atoms with Gasteiger partial charge in [0.25, 0.3) is 5.91 Å². The number of carbonyl (C=O) groups excluding carboxylic acids is 1. The van der Waals surface area contributed by atoms with E-state index in [1.54, 1.807) is 36.4 Å². The van der Waals surface area contributed by atoms with E-state index < -0.39 is 23.5 Å². The third kappa shape index (κ3) is 6.17. The number of thiol groups is 1. The van der Waals surface area contributed by atoms with Gasteiger partial charge in [-0.15, -0.1) is 5.46 Å². The monoisotopic (exact) mass is 678 g/mol. The van der Waals surface area contributed by atoms with E-state index in [1.165, 1.54) is 23.5 Å². The van der Waals surface area contributed by atoms with Crippen LogP contribution in [0, 0.1) is 11.2 Å². The summed E-state index contributed by atoms with van der Waals surface area (Å²) in [6.45, 7) is 1.28. The van der Waals surface area contributed by atoms with Gasteiger partial charge in [0, 0.05) is 48.3 Å². The summed E-state index contributed by atoms with van der Waals surface area (Å²) in [5, 5.41) is 3.56. The first-order chi connectivity index (χ1) is 21.1. The summed E-state index contributed by atoms with van der Waals surface area (Å²) < 4.78 is 64.4. The largest absolute Gasteiger partial charge is 1.00 e. The average molecular weight is 679 g/mol. The Labute approximate surface area is 309 Å². The molecule has 9 nitrogen and oxygen atoms in total. The molecule has 0 radical (unpaired) electrons. The van der Waals surface area contributed by atoms with Gasteiger partial charge in [-0.1, -0.05) is 24.6 Å². The summed E-state index contributed by atoms with van der Waals surface area (Å²) >= 11 is 6.71. The molecule has 8 rings (SSSR count). The Balaban J connectivity index is 0.00000357. The molecule has 0 spiro atoms. The van der Waals surface area contributed by atoms with Crippen molar-refractivity contribution in [3.63, 3.8) is 0 Å². The van der Waals surface area contributed by atoms with Gasteiger partial charge < -0.3 is 23.7 Å². The molecule has 1 aliphatic carbocycles. The molecule has 1 N–H and O–H groups in total. The number of rotatable bonds is 8. The Morgan fingerprint density at radius 2 is 1.73 bits per heavy atom. The van der Waals surface area contributed by atoms with Crippen LogP contribution in [0.15, 0.2) is 59.0 Å². The summed E-state index contributed by atoms with van der Waals surface area (Å²) in [4.78, 5) is 13.0. The number of nitrogens with one attached hydrogen (secondary N) is 1. The molecule has 2 bridgehead atoms. The second kappa shape index (κ2) is 12.7. The zero-order valence-electron chi connectivity index (χ0n) is 25.1. The van der Waals surface area contributed by atoms with Crippen molar-refractivity contribution in [2.75, 3.05) is 31.2 Å². The minimum Gasteiger partial charge on any atom is -0.540 e. The fourth-order valence-electron chi connectivity index (χ4n) is 6.11. The molecule has 45 heavy (non-hydrogen) atoms. The van der Waals surface area contributed by atoms with Crippen molar-refractivity contribution in [1.29, 1.82) is 0 Å². The van der Waals surface area contributed by atoms with Crippen LogP contribution in [0.1, 0.15) is 47.2 Å². The zero-order chi connectivity index (χ0) is 30.8. The number of amides is 1. The van der Waals surface area contributed by atoms with E-state index in [9.17, 15) is 17.6 Å². The molecule has 14 heteroatoms. The molecule has 4 fully saturated rings. The van der Waals surface area contributed by atoms with Crippen LogP contribution < -0.4 is 66.5 Å². The summed E-state index contributed by atoms with van der Waals surface area (Å²) in [5.41, 5.74) is 3.71. The molecule has 230 valence electrons. The van der Waals surface area contributed by atoms with E-state index in [0.717, 1.165) is 24.0 Å². The summed E-state index contributed by atoms with van der Waals surface area (Å²) in [6.07, 6.45) is 1.90. The van der Waals surface area contributed by atoms with Crippen LogP contribution in [0.5, 0.6) is 0 Å². The predicted molar refractivity (Wildman–Crippen MR) is 166 cm³/mol. The first kappa shape index (κ1) is 33.1. The molecule has 3 aliphatic heterocycles. The Morgan fingerprint density at radius 1 is 1.07 bits per heavy atom. The molecule has 0 atom stereocenters. The van der Waals surface area contributed by atoms with Crippen LogP contribution in [-0.4, -0.2) is 47.9 Å². The van der Waals surface area contributed by atoms with Crippen LogP contribution in [0.25, 0.3) is 22.3 Å². The summed E-state index contributed by atoms with van der Waals surface area (Å²) in [6, 6.07) is 14.4. The van der Waals surface area contributed by atoms with E-state index in [1.807, 2.05) is 13.0 Å². The third-order valence-electron chi connectivity index (χ3n) is 8.66. The molecule has 4 aromatic rings. The maximum Gasteiger partial charge on any atom is 1.00 e. The summed E-state index contributed by atoms with van der Waals surface area (Å²) in [7, 11) is -1.53. The number of nitrogens with zero attached hydrogens (tertiary/aromatic N) is 1. The van der Waals surface area contributed by atoms with Gasteiger partial charge in [0.1, 0.15) is 17.2 Å². The van der Waals surface area contributed by atoms with Crippen molar-refractivity contribution in [3.8, 4) is 11.3 Å². The minimum absolute atomic E-state index is 0. The van der Waals surface area contributed by atoms with Crippen LogP contribution in [0.3, 0.4) is 0 Å². The van der Waals surface area contributed by atoms with Gasteiger partial charge >= 0.3 is 58.1 Å². The van der Waals surface area contributed by atoms with Crippen LogP contribution in [0.4, 0.5) is 10.1 Å². The second-order valence-corrected chi connectivity index (χ2v) is 13.5. The first-order valence-corrected chi connectivity index (χ1v) is 15.9. The van der Waals surface area contributed by atoms with Gasteiger partial charge in [-0.3, -0.25) is 9.10 Å². The Bertz CT molecular complexity index is 1850. The topological polar surface area (TPSA) is 107 Å². The number of anilines is 1. The van der Waals surface area contributed by atoms with Crippen molar-refractivity contribution in [2.45, 2.75) is 32.2 Å². The van der Waals surface area contributed by atoms with E-state index in [4.69, 9.17) is 30.0 Å². The molecule has 3 aromatic carbocycles. The number of fused-ring (bicyclic) bond motifs is 4. The molecule has 4 heterocycles. The van der Waals surface area contributed by atoms with E-state index in [0.29, 0.717) is 58.8 Å². The molecule has 1 amide bonds. The Kier molecular flexibility index (Phi) is 9.34. The molecule has 1 aromatic heterocycles. The van der Waals surface area contributed by atoms with Crippen LogP contribution >= 0.6 is 11.6 Å². The molecule has 4 aliphatic rings. The smallest absolute Gasteiger partial charge is 0.540 e. The zero-order valence-corrected chi connectivity index (χ0v) is 29.9. The number of hydrogen-bond acceptors (Lipinski definition) is 7. The molecule has 1 saturated carbocycles. The number of carbonyl (C=O) groups is 1. The van der Waals surface area contributed by atoms with Gasteiger partial charge in [-0.2, -0.15) is 0 Å². The Hall–Kier alpha value is -1.78. The molecular formula is C31H30BClFKN2O7S. The standard InChI is InChI=1S/C31H30BClFN2O7S.K/c1-31-15-40-32(41-16-31,42-17-31)25-10-9-22(12-26(25)33)36(44(38)39)14-20-11-27-24(13-23(20)18-3-4-18)28(30(37)35-2)29(43-27)19-5-7-21(34)8-6-19;/h5-13,18,44H,3-4,14-17H2,1-2H3,(H,35,37);/q-1;+1. The average Bonchev–Trinajstić information content (AvgIpc) is 3.80. The van der Waals surface area contributed by atoms with Crippen molar-refractivity contribution < 1.29 is 87.4 Å². The van der Waals surface area contributed by atoms with Gasteiger partial charge in [0.2, 0.25) is 10.9 Å². The summed E-state index contributed by atoms with van der Waals surface area (Å²) in [5.74, 6) is -0.204. The number of furan rings is 1. The maximum atomic E-state index is 13.7. The molecule has 3 saturated heterocycles. The van der Waals surface area contributed by atoms with Crippen LogP contribution in [-0.2, 0) is 31.4 Å². The number of benzene rings is 3. The van der Waals surface area contributed by atoms with E-state index in [-0.39, 0.29) is 80.2 Å². The van der Waals surface area contributed by atoms with Gasteiger partial charge in [-0.05, 0) is 78.4 Å². The van der Waals surface area contributed by atoms with Gasteiger partial charge in [0.05, 0.1) is 17.8 Å². The first-order valence-electron chi connectivity index (χ1n) is 14.4. The third-order valence-corrected chi connectivity index (χ3v) is 9.76. The van der Waals surface area contributed by atoms with Gasteiger partial charge in [-0.25, -0.2) is 12.8 Å². The van der Waals surface area contributed by atoms with E-state index in [2.05, 4.69) is 5.32 Å². The van der Waals surface area contributed by atoms with Crippen molar-refractivity contribution >= 4 is 57.3 Å². The van der Waals surface area contributed by atoms with Crippen molar-refractivity contribution in [3.05, 3.63) is 82.1 Å². The molecular weight excluding hydrogens is 649 g/mol. The van der Waals surface area contributed by atoms with Crippen LogP contribution in [0.2, 0.25) is 5.02 Å². The predicted octanol–water partition coefficient (Wildman–Crippen LogP) is 1.90. The Morgan fingerprint density at radius 3 is 2.31 bits per heavy atom. The second-order valence-electron chi connectivity index (χ2n) is 12.1. The maximum absolute atomic E-state index is 13.7. The molecule has 0 unspecified atom stereocenters. The van der Waals surface area contributed by atoms with Crippen molar-refractivity contribution in [2.24, 2.45) is 5.41 Å². The fraction of sp³-hybridized carbons (Fsp3) is 0.323. The number of hydrogen-bond donors (Lipinski definition) is 2. The van der Waals surface area contributed by atoms with Gasteiger partial charge in [0.15, 0.2) is 0 Å². The quantitative estimate of drug-likeness (QED) is 0.217. The SMILES string of the molecule is CNC(=O)c1c(-c2ccc(F)cc2)oc2cc(CN(c3ccc([B-]45OCC(C)(CO4)CO5)c(Cl)c3)[SH](=O)=O)c(C3CC3)cc12.[K+]. The van der Waals surface area contributed by atoms with E-state index >= 15 is 0 Å². The van der Waals surface area contributed by atoms with Crippen molar-refractivity contribution in [1.82, 2.24) is 5.32 Å². The minimum atomic E-state index is -3.07. The fourth-order valence-corrected chi connectivity index (χ4v) is 7.00. The number of halogens is 2.